The summed E-state index contributed by atoms with van der Waals surface area (Å²) in [4.78, 5) is 2.49. The second-order valence-electron chi connectivity index (χ2n) is 5.69. The summed E-state index contributed by atoms with van der Waals surface area (Å²) in [6, 6.07) is 0.654. The molecular formula is C13H30N2. The van der Waals surface area contributed by atoms with Gasteiger partial charge in [0.1, 0.15) is 0 Å². The number of unbranched alkanes of at least 4 members (excludes halogenated alkanes) is 2. The monoisotopic (exact) mass is 214 g/mol. The molecule has 0 fully saturated rings. The Morgan fingerprint density at radius 2 is 1.73 bits per heavy atom. The van der Waals surface area contributed by atoms with Crippen LogP contribution in [0.4, 0.5) is 0 Å². The fourth-order valence-corrected chi connectivity index (χ4v) is 1.69. The molecule has 0 heterocycles. The van der Waals surface area contributed by atoms with Crippen LogP contribution in [0.5, 0.6) is 0 Å². The van der Waals surface area contributed by atoms with Crippen LogP contribution in [0.2, 0.25) is 0 Å². The third-order valence-electron chi connectivity index (χ3n) is 3.35. The third kappa shape index (κ3) is 6.91. The van der Waals surface area contributed by atoms with E-state index in [0.29, 0.717) is 11.5 Å². The lowest BCUT2D eigenvalue weighted by molar-refractivity contribution is 0.139. The third-order valence-corrected chi connectivity index (χ3v) is 3.35. The molecule has 0 aromatic carbocycles. The first-order valence-corrected chi connectivity index (χ1v) is 6.24. The van der Waals surface area contributed by atoms with Gasteiger partial charge in [0.05, 0.1) is 0 Å². The Morgan fingerprint density at radius 3 is 2.20 bits per heavy atom. The second kappa shape index (κ2) is 7.24. The molecule has 0 amide bonds. The second-order valence-corrected chi connectivity index (χ2v) is 5.69. The molecule has 0 bridgehead atoms. The van der Waals surface area contributed by atoms with E-state index in [1.54, 1.807) is 0 Å². The van der Waals surface area contributed by atoms with Gasteiger partial charge >= 0.3 is 0 Å². The van der Waals surface area contributed by atoms with Crippen LogP contribution in [-0.4, -0.2) is 38.1 Å². The highest BCUT2D eigenvalue weighted by Gasteiger charge is 2.23. The summed E-state index contributed by atoms with van der Waals surface area (Å²) < 4.78 is 0. The van der Waals surface area contributed by atoms with Gasteiger partial charge in [-0.3, -0.25) is 0 Å². The van der Waals surface area contributed by atoms with Gasteiger partial charge in [0.15, 0.2) is 0 Å². The first-order chi connectivity index (χ1) is 6.89. The molecule has 0 radical (unpaired) electrons. The molecule has 0 spiro atoms. The molecule has 0 saturated heterocycles. The van der Waals surface area contributed by atoms with Crippen molar-refractivity contribution in [1.29, 1.82) is 0 Å². The van der Waals surface area contributed by atoms with E-state index in [4.69, 9.17) is 0 Å². The fraction of sp³-hybridized carbons (Fsp3) is 1.00. The molecule has 92 valence electrons. The van der Waals surface area contributed by atoms with Crippen LogP contribution < -0.4 is 5.32 Å². The summed E-state index contributed by atoms with van der Waals surface area (Å²) in [5.41, 5.74) is 0.389. The van der Waals surface area contributed by atoms with Gasteiger partial charge in [0.25, 0.3) is 0 Å². The van der Waals surface area contributed by atoms with Gasteiger partial charge in [-0.1, -0.05) is 27.2 Å². The highest BCUT2D eigenvalue weighted by atomic mass is 15.1. The highest BCUT2D eigenvalue weighted by molar-refractivity contribution is 4.77. The largest absolute Gasteiger partial charge is 0.320 e. The van der Waals surface area contributed by atoms with E-state index in [-0.39, 0.29) is 0 Å². The van der Waals surface area contributed by atoms with Gasteiger partial charge in [-0.15, -0.1) is 0 Å². The van der Waals surface area contributed by atoms with Crippen molar-refractivity contribution >= 4 is 0 Å². The molecule has 1 atom stereocenters. The van der Waals surface area contributed by atoms with Crippen LogP contribution in [-0.2, 0) is 0 Å². The van der Waals surface area contributed by atoms with Gasteiger partial charge in [-0.25, -0.2) is 0 Å². The Hall–Kier alpha value is -0.0800. The molecule has 0 rings (SSSR count). The number of hydrogen-bond donors (Lipinski definition) is 1. The Bertz CT molecular complexity index is 149. The normalized spacial score (nSPS) is 14.6. The van der Waals surface area contributed by atoms with Crippen LogP contribution in [0, 0.1) is 5.41 Å². The maximum absolute atomic E-state index is 3.19. The van der Waals surface area contributed by atoms with Crippen LogP contribution in [0.3, 0.4) is 0 Å². The van der Waals surface area contributed by atoms with Crippen molar-refractivity contribution < 1.29 is 0 Å². The van der Waals surface area contributed by atoms with E-state index in [1.807, 2.05) is 7.05 Å². The minimum Gasteiger partial charge on any atom is -0.320 e. The Morgan fingerprint density at radius 1 is 1.13 bits per heavy atom. The van der Waals surface area contributed by atoms with Gasteiger partial charge in [-0.05, 0) is 52.4 Å². The zero-order valence-corrected chi connectivity index (χ0v) is 11.6. The zero-order valence-electron chi connectivity index (χ0n) is 11.6. The van der Waals surface area contributed by atoms with Crippen molar-refractivity contribution in [1.82, 2.24) is 10.2 Å². The molecule has 15 heavy (non-hydrogen) atoms. The highest BCUT2D eigenvalue weighted by Crippen LogP contribution is 2.23. The van der Waals surface area contributed by atoms with Crippen molar-refractivity contribution in [2.24, 2.45) is 5.41 Å². The van der Waals surface area contributed by atoms with Crippen LogP contribution >= 0.6 is 0 Å². The lowest BCUT2D eigenvalue weighted by Gasteiger charge is -2.35. The Kier molecular flexibility index (Phi) is 7.20. The maximum Gasteiger partial charge on any atom is 0.0112 e. The molecule has 0 aliphatic rings. The predicted molar refractivity (Wildman–Crippen MR) is 69.3 cm³/mol. The van der Waals surface area contributed by atoms with Crippen molar-refractivity contribution in [3.8, 4) is 0 Å². The van der Waals surface area contributed by atoms with Crippen molar-refractivity contribution in [3.05, 3.63) is 0 Å². The van der Waals surface area contributed by atoms with E-state index < -0.39 is 0 Å². The summed E-state index contributed by atoms with van der Waals surface area (Å²) in [5, 5.41) is 3.19. The smallest absolute Gasteiger partial charge is 0.0112 e. The number of hydrogen-bond acceptors (Lipinski definition) is 2. The lowest BCUT2D eigenvalue weighted by atomic mass is 9.87. The molecule has 0 aliphatic carbocycles. The van der Waals surface area contributed by atoms with Crippen LogP contribution in [0.1, 0.15) is 47.0 Å². The average molecular weight is 214 g/mol. The molecule has 2 nitrogen and oxygen atoms in total. The quantitative estimate of drug-likeness (QED) is 0.656. The predicted octanol–water partition coefficient (Wildman–Crippen LogP) is 2.74. The molecule has 1 unspecified atom stereocenters. The first kappa shape index (κ1) is 14.9. The minimum absolute atomic E-state index is 0.389. The SMILES string of the molecule is CNCCCCCN(C)C(C)C(C)(C)C. The lowest BCUT2D eigenvalue weighted by Crippen LogP contribution is -2.39. The molecular weight excluding hydrogens is 184 g/mol. The van der Waals surface area contributed by atoms with E-state index in [9.17, 15) is 0 Å². The van der Waals surface area contributed by atoms with Gasteiger partial charge in [0.2, 0.25) is 0 Å². The minimum atomic E-state index is 0.389. The van der Waals surface area contributed by atoms with Crippen molar-refractivity contribution in [2.75, 3.05) is 27.2 Å². The standard InChI is InChI=1S/C13H30N2/c1-12(13(2,3)4)15(6)11-9-7-8-10-14-5/h12,14H,7-11H2,1-6H3. The number of nitrogens with one attached hydrogen (secondary N) is 1. The average Bonchev–Trinajstić information content (AvgIpc) is 2.14. The van der Waals surface area contributed by atoms with Crippen LogP contribution in [0.15, 0.2) is 0 Å². The Labute approximate surface area is 96.4 Å². The van der Waals surface area contributed by atoms with Crippen LogP contribution in [0.25, 0.3) is 0 Å². The van der Waals surface area contributed by atoms with Crippen molar-refractivity contribution in [2.45, 2.75) is 53.0 Å². The van der Waals surface area contributed by atoms with E-state index in [0.717, 1.165) is 6.54 Å². The van der Waals surface area contributed by atoms with E-state index in [2.05, 4.69) is 45.0 Å². The maximum atomic E-state index is 3.19. The number of nitrogens with zero attached hydrogens (tertiary/aromatic N) is 1. The molecule has 2 heteroatoms. The fourth-order valence-electron chi connectivity index (χ4n) is 1.69. The molecule has 0 saturated carbocycles. The van der Waals surface area contributed by atoms with Gasteiger partial charge < -0.3 is 10.2 Å². The van der Waals surface area contributed by atoms with E-state index in [1.165, 1.54) is 25.8 Å². The summed E-state index contributed by atoms with van der Waals surface area (Å²) in [7, 11) is 4.27. The first-order valence-electron chi connectivity index (χ1n) is 6.24. The summed E-state index contributed by atoms with van der Waals surface area (Å²) in [6.07, 6.45) is 3.95. The molecule has 0 aromatic rings. The van der Waals surface area contributed by atoms with E-state index >= 15 is 0 Å². The summed E-state index contributed by atoms with van der Waals surface area (Å²) in [6.45, 7) is 11.6. The van der Waals surface area contributed by atoms with Crippen molar-refractivity contribution in [3.63, 3.8) is 0 Å². The molecule has 0 aromatic heterocycles. The molecule has 0 aliphatic heterocycles. The zero-order chi connectivity index (χ0) is 11.9. The van der Waals surface area contributed by atoms with Gasteiger partial charge in [-0.2, -0.15) is 0 Å². The summed E-state index contributed by atoms with van der Waals surface area (Å²) >= 11 is 0. The molecule has 1 N–H and O–H groups in total. The topological polar surface area (TPSA) is 15.3 Å². The summed E-state index contributed by atoms with van der Waals surface area (Å²) in [5.74, 6) is 0. The Balaban J connectivity index is 3.60. The number of rotatable bonds is 7. The van der Waals surface area contributed by atoms with Gasteiger partial charge in [0, 0.05) is 6.04 Å².